The third-order valence-corrected chi connectivity index (χ3v) is 3.34. The van der Waals surface area contributed by atoms with Gasteiger partial charge < -0.3 is 14.6 Å². The van der Waals surface area contributed by atoms with Gasteiger partial charge in [0.25, 0.3) is 5.69 Å². The van der Waals surface area contributed by atoms with Crippen LogP contribution in [0.15, 0.2) is 42.5 Å². The molecule has 0 fully saturated rings. The van der Waals surface area contributed by atoms with E-state index in [0.717, 1.165) is 0 Å². The van der Waals surface area contributed by atoms with E-state index < -0.39 is 10.9 Å². The highest BCUT2D eigenvalue weighted by molar-refractivity contribution is 6.21. The Morgan fingerprint density at radius 2 is 1.71 bits per heavy atom. The summed E-state index contributed by atoms with van der Waals surface area (Å²) < 4.78 is 10.2. The molecule has 0 aromatic heterocycles. The Hall–Kier alpha value is -3.35. The molecule has 0 spiro atoms. The SMILES string of the molecule is COc1cc(C=C(C(=O)O)c2ccccc2)c([N+](=O)[O-])cc1OC. The fourth-order valence-corrected chi connectivity index (χ4v) is 2.20. The minimum absolute atomic E-state index is 0.0640. The van der Waals surface area contributed by atoms with Crippen LogP contribution in [0.5, 0.6) is 11.5 Å². The third kappa shape index (κ3) is 3.52. The summed E-state index contributed by atoms with van der Waals surface area (Å²) in [5.74, 6) is -0.727. The molecule has 124 valence electrons. The first-order valence-electron chi connectivity index (χ1n) is 6.88. The van der Waals surface area contributed by atoms with Crippen LogP contribution in [0.2, 0.25) is 0 Å². The monoisotopic (exact) mass is 329 g/mol. The Kier molecular flexibility index (Phi) is 5.16. The maximum absolute atomic E-state index is 11.6. The number of carboxylic acids is 1. The second-order valence-corrected chi connectivity index (χ2v) is 4.75. The number of methoxy groups -OCH3 is 2. The topological polar surface area (TPSA) is 98.9 Å². The summed E-state index contributed by atoms with van der Waals surface area (Å²) in [6.07, 6.45) is 1.25. The molecular weight excluding hydrogens is 314 g/mol. The zero-order chi connectivity index (χ0) is 17.7. The molecule has 2 aromatic rings. The van der Waals surface area contributed by atoms with Crippen molar-refractivity contribution in [1.29, 1.82) is 0 Å². The van der Waals surface area contributed by atoms with Gasteiger partial charge in [0.15, 0.2) is 11.5 Å². The van der Waals surface area contributed by atoms with Crippen molar-refractivity contribution in [3.8, 4) is 11.5 Å². The lowest BCUT2D eigenvalue weighted by Crippen LogP contribution is -2.01. The van der Waals surface area contributed by atoms with Gasteiger partial charge in [-0.15, -0.1) is 0 Å². The first kappa shape index (κ1) is 17.0. The average Bonchev–Trinajstić information content (AvgIpc) is 2.59. The van der Waals surface area contributed by atoms with Crippen LogP contribution >= 0.6 is 0 Å². The molecule has 0 aliphatic rings. The van der Waals surface area contributed by atoms with Crippen LogP contribution in [0, 0.1) is 10.1 Å². The zero-order valence-electron chi connectivity index (χ0n) is 13.1. The van der Waals surface area contributed by atoms with Crippen molar-refractivity contribution in [3.63, 3.8) is 0 Å². The number of hydrogen-bond donors (Lipinski definition) is 1. The summed E-state index contributed by atoms with van der Waals surface area (Å²) in [6, 6.07) is 10.9. The number of hydrogen-bond acceptors (Lipinski definition) is 5. The van der Waals surface area contributed by atoms with E-state index in [9.17, 15) is 20.0 Å². The van der Waals surface area contributed by atoms with Crippen molar-refractivity contribution in [3.05, 3.63) is 63.7 Å². The Morgan fingerprint density at radius 3 is 2.21 bits per heavy atom. The predicted octanol–water partition coefficient (Wildman–Crippen LogP) is 3.24. The molecule has 1 N–H and O–H groups in total. The fraction of sp³-hybridized carbons (Fsp3) is 0.118. The summed E-state index contributed by atoms with van der Waals surface area (Å²) in [4.78, 5) is 22.3. The Balaban J connectivity index is 2.68. The van der Waals surface area contributed by atoms with E-state index in [1.807, 2.05) is 0 Å². The summed E-state index contributed by atoms with van der Waals surface area (Å²) >= 11 is 0. The first-order valence-corrected chi connectivity index (χ1v) is 6.88. The van der Waals surface area contributed by atoms with Gasteiger partial charge in [-0.2, -0.15) is 0 Å². The summed E-state index contributed by atoms with van der Waals surface area (Å²) in [5, 5.41) is 20.8. The van der Waals surface area contributed by atoms with Crippen molar-refractivity contribution in [2.24, 2.45) is 0 Å². The molecule has 2 aromatic carbocycles. The van der Waals surface area contributed by atoms with Crippen molar-refractivity contribution in [2.45, 2.75) is 0 Å². The normalized spacial score (nSPS) is 11.0. The van der Waals surface area contributed by atoms with Crippen LogP contribution in [0.25, 0.3) is 11.6 Å². The fourth-order valence-electron chi connectivity index (χ4n) is 2.20. The number of benzene rings is 2. The molecule has 24 heavy (non-hydrogen) atoms. The Labute approximate surface area is 137 Å². The van der Waals surface area contributed by atoms with E-state index in [0.29, 0.717) is 5.56 Å². The lowest BCUT2D eigenvalue weighted by atomic mass is 10.0. The molecule has 2 rings (SSSR count). The van der Waals surface area contributed by atoms with Crippen molar-refractivity contribution < 1.29 is 24.3 Å². The van der Waals surface area contributed by atoms with E-state index >= 15 is 0 Å². The third-order valence-electron chi connectivity index (χ3n) is 3.34. The lowest BCUT2D eigenvalue weighted by Gasteiger charge is -2.09. The number of nitro groups is 1. The highest BCUT2D eigenvalue weighted by Gasteiger charge is 2.20. The number of nitro benzene ring substituents is 1. The standard InChI is InChI=1S/C17H15NO6/c1-23-15-9-12(14(18(21)22)10-16(15)24-2)8-13(17(19)20)11-6-4-3-5-7-11/h3-10H,1-2H3,(H,19,20). The van der Waals surface area contributed by atoms with Gasteiger partial charge in [0.1, 0.15) is 0 Å². The summed E-state index contributed by atoms with van der Waals surface area (Å²) in [6.45, 7) is 0. The Bertz CT molecular complexity index is 798. The van der Waals surface area contributed by atoms with Crippen LogP contribution in [0.4, 0.5) is 5.69 Å². The van der Waals surface area contributed by atoms with Crippen molar-refractivity contribution in [1.82, 2.24) is 0 Å². The molecule has 0 radical (unpaired) electrons. The number of aliphatic carboxylic acids is 1. The van der Waals surface area contributed by atoms with Crippen molar-refractivity contribution >= 4 is 23.3 Å². The second-order valence-electron chi connectivity index (χ2n) is 4.75. The number of nitrogens with zero attached hydrogens (tertiary/aromatic N) is 1. The van der Waals surface area contributed by atoms with E-state index in [4.69, 9.17) is 9.47 Å². The van der Waals surface area contributed by atoms with Crippen LogP contribution < -0.4 is 9.47 Å². The van der Waals surface area contributed by atoms with Gasteiger partial charge in [0.2, 0.25) is 0 Å². The van der Waals surface area contributed by atoms with Gasteiger partial charge in [0, 0.05) is 0 Å². The molecule has 7 nitrogen and oxygen atoms in total. The zero-order valence-corrected chi connectivity index (χ0v) is 13.1. The van der Waals surface area contributed by atoms with Gasteiger partial charge in [-0.3, -0.25) is 10.1 Å². The van der Waals surface area contributed by atoms with Gasteiger partial charge in [-0.05, 0) is 17.7 Å². The molecule has 0 saturated carbocycles. The molecule has 0 aliphatic heterocycles. The molecular formula is C17H15NO6. The van der Waals surface area contributed by atoms with Crippen LogP contribution in [-0.4, -0.2) is 30.2 Å². The van der Waals surface area contributed by atoms with Gasteiger partial charge in [-0.25, -0.2) is 4.79 Å². The predicted molar refractivity (Wildman–Crippen MR) is 88.1 cm³/mol. The maximum atomic E-state index is 11.6. The molecule has 0 aliphatic carbocycles. The Morgan fingerprint density at radius 1 is 1.12 bits per heavy atom. The second kappa shape index (κ2) is 7.28. The molecule has 7 heteroatoms. The van der Waals surface area contributed by atoms with Crippen LogP contribution in [-0.2, 0) is 4.79 Å². The number of carboxylic acid groups (broad SMARTS) is 1. The quantitative estimate of drug-likeness (QED) is 0.378. The minimum Gasteiger partial charge on any atom is -0.493 e. The minimum atomic E-state index is -1.19. The van der Waals surface area contributed by atoms with E-state index in [-0.39, 0.29) is 28.3 Å². The maximum Gasteiger partial charge on any atom is 0.336 e. The molecule has 0 bridgehead atoms. The van der Waals surface area contributed by atoms with E-state index in [1.165, 1.54) is 32.4 Å². The largest absolute Gasteiger partial charge is 0.493 e. The summed E-state index contributed by atoms with van der Waals surface area (Å²) in [7, 11) is 2.76. The van der Waals surface area contributed by atoms with E-state index in [1.54, 1.807) is 30.3 Å². The van der Waals surface area contributed by atoms with Crippen LogP contribution in [0.1, 0.15) is 11.1 Å². The van der Waals surface area contributed by atoms with Crippen molar-refractivity contribution in [2.75, 3.05) is 14.2 Å². The van der Waals surface area contributed by atoms with Gasteiger partial charge in [0.05, 0.1) is 36.3 Å². The molecule has 0 saturated heterocycles. The van der Waals surface area contributed by atoms with Gasteiger partial charge in [-0.1, -0.05) is 30.3 Å². The first-order chi connectivity index (χ1) is 11.5. The lowest BCUT2D eigenvalue weighted by molar-refractivity contribution is -0.385. The number of rotatable bonds is 6. The average molecular weight is 329 g/mol. The van der Waals surface area contributed by atoms with E-state index in [2.05, 4.69) is 0 Å². The van der Waals surface area contributed by atoms with Gasteiger partial charge >= 0.3 is 5.97 Å². The highest BCUT2D eigenvalue weighted by atomic mass is 16.6. The molecule has 0 unspecified atom stereocenters. The number of ether oxygens (including phenoxy) is 2. The molecule has 0 amide bonds. The molecule has 0 heterocycles. The smallest absolute Gasteiger partial charge is 0.336 e. The number of carbonyl (C=O) groups is 1. The highest BCUT2D eigenvalue weighted by Crippen LogP contribution is 2.36. The van der Waals surface area contributed by atoms with Crippen LogP contribution in [0.3, 0.4) is 0 Å². The molecule has 0 atom stereocenters. The summed E-state index contributed by atoms with van der Waals surface area (Å²) in [5.41, 5.74) is 0.209.